The molecule has 2 aromatic heterocycles. The van der Waals surface area contributed by atoms with Crippen molar-refractivity contribution in [3.63, 3.8) is 0 Å². The minimum atomic E-state index is -0.357. The molecule has 2 saturated carbocycles. The van der Waals surface area contributed by atoms with Crippen LogP contribution in [0.15, 0.2) is 42.9 Å². The van der Waals surface area contributed by atoms with Gasteiger partial charge < -0.3 is 5.32 Å². The molecule has 37 heavy (non-hydrogen) atoms. The second kappa shape index (κ2) is 8.80. The number of carbonyl (C=O) groups excluding carboxylic acids is 2. The number of carbonyl (C=O) groups is 2. The molecule has 3 fully saturated rings. The SMILES string of the molecule is Cc1cc(N2C[C@H]3C[C@H]3C2=O)ncc1C(C)n1cc(C(=O)NC2CC(c3cc(F)ccc3C#N)C2)cn1. The van der Waals surface area contributed by atoms with E-state index < -0.39 is 0 Å². The minimum Gasteiger partial charge on any atom is -0.349 e. The summed E-state index contributed by atoms with van der Waals surface area (Å²) in [5.74, 6) is 1.05. The van der Waals surface area contributed by atoms with Crippen LogP contribution < -0.4 is 10.2 Å². The molecule has 3 aliphatic rings. The van der Waals surface area contributed by atoms with Crippen molar-refractivity contribution in [1.29, 1.82) is 5.26 Å². The fraction of sp³-hybridized carbons (Fsp3) is 0.393. The van der Waals surface area contributed by atoms with Crippen molar-refractivity contribution >= 4 is 17.6 Å². The Labute approximate surface area is 214 Å². The molecule has 3 aromatic rings. The summed E-state index contributed by atoms with van der Waals surface area (Å²) in [5.41, 5.74) is 3.63. The number of piperidine rings is 1. The maximum atomic E-state index is 13.7. The average Bonchev–Trinajstić information content (AvgIpc) is 3.31. The highest BCUT2D eigenvalue weighted by Crippen LogP contribution is 2.47. The first-order chi connectivity index (χ1) is 17.8. The van der Waals surface area contributed by atoms with Gasteiger partial charge in [0.05, 0.1) is 29.4 Å². The minimum absolute atomic E-state index is 0.0357. The van der Waals surface area contributed by atoms with Crippen LogP contribution in [0.25, 0.3) is 0 Å². The van der Waals surface area contributed by atoms with Gasteiger partial charge in [0.1, 0.15) is 11.6 Å². The normalized spacial score (nSPS) is 24.7. The number of anilines is 1. The van der Waals surface area contributed by atoms with Crippen LogP contribution in [0.4, 0.5) is 10.2 Å². The Morgan fingerprint density at radius 3 is 2.76 bits per heavy atom. The molecular weight excluding hydrogens is 471 g/mol. The first-order valence-corrected chi connectivity index (χ1v) is 12.6. The highest BCUT2D eigenvalue weighted by atomic mass is 19.1. The highest BCUT2D eigenvalue weighted by Gasteiger charge is 2.52. The smallest absolute Gasteiger partial charge is 0.254 e. The predicted octanol–water partition coefficient (Wildman–Crippen LogP) is 3.87. The Morgan fingerprint density at radius 1 is 1.24 bits per heavy atom. The van der Waals surface area contributed by atoms with E-state index in [1.54, 1.807) is 28.2 Å². The van der Waals surface area contributed by atoms with Crippen LogP contribution in [0.5, 0.6) is 0 Å². The third-order valence-corrected chi connectivity index (χ3v) is 8.09. The Kier molecular flexibility index (Phi) is 5.55. The van der Waals surface area contributed by atoms with Gasteiger partial charge in [0.25, 0.3) is 5.91 Å². The number of hydrogen-bond acceptors (Lipinski definition) is 5. The molecule has 1 N–H and O–H groups in total. The largest absolute Gasteiger partial charge is 0.349 e. The molecule has 1 unspecified atom stereocenters. The van der Waals surface area contributed by atoms with Gasteiger partial charge in [0, 0.05) is 30.9 Å². The maximum absolute atomic E-state index is 13.7. The lowest BCUT2D eigenvalue weighted by molar-refractivity contribution is -0.118. The molecule has 0 radical (unpaired) electrons. The van der Waals surface area contributed by atoms with Crippen molar-refractivity contribution in [2.45, 2.75) is 51.1 Å². The molecule has 2 aliphatic carbocycles. The number of nitrogens with one attached hydrogen (secondary N) is 1. The summed E-state index contributed by atoms with van der Waals surface area (Å²) in [7, 11) is 0. The molecule has 3 atom stereocenters. The van der Waals surface area contributed by atoms with Crippen molar-refractivity contribution in [3.05, 3.63) is 76.5 Å². The Hall–Kier alpha value is -4.06. The molecule has 1 saturated heterocycles. The molecule has 3 heterocycles. The number of aryl methyl sites for hydroxylation is 1. The second-order valence-corrected chi connectivity index (χ2v) is 10.5. The van der Waals surface area contributed by atoms with Gasteiger partial charge in [-0.25, -0.2) is 9.37 Å². The summed E-state index contributed by atoms with van der Waals surface area (Å²) in [6.07, 6.45) is 7.40. The van der Waals surface area contributed by atoms with Crippen LogP contribution in [-0.4, -0.2) is 39.2 Å². The lowest BCUT2D eigenvalue weighted by Crippen LogP contribution is -2.43. The fourth-order valence-electron chi connectivity index (χ4n) is 5.66. The van der Waals surface area contributed by atoms with Gasteiger partial charge in [-0.1, -0.05) is 0 Å². The van der Waals surface area contributed by atoms with Gasteiger partial charge in [-0.3, -0.25) is 19.2 Å². The molecule has 1 aromatic carbocycles. The number of benzene rings is 1. The molecule has 8 nitrogen and oxygen atoms in total. The zero-order valence-corrected chi connectivity index (χ0v) is 20.7. The van der Waals surface area contributed by atoms with E-state index in [1.165, 1.54) is 18.2 Å². The predicted molar refractivity (Wildman–Crippen MR) is 133 cm³/mol. The van der Waals surface area contributed by atoms with E-state index in [9.17, 15) is 19.2 Å². The Balaban J connectivity index is 1.08. The number of hydrogen-bond donors (Lipinski definition) is 1. The van der Waals surface area contributed by atoms with Crippen molar-refractivity contribution < 1.29 is 14.0 Å². The van der Waals surface area contributed by atoms with Gasteiger partial charge >= 0.3 is 0 Å². The standard InChI is InChI=1S/C28H27FN6O2/c1-15-5-26(34-13-19-8-24(19)28(34)37)31-12-25(15)16(2)35-14-20(11-32-35)27(36)33-22-6-18(7-22)23-9-21(29)4-3-17(23)10-30/h3-5,9,11-12,14,16,18-19,22,24H,6-8,13H2,1-2H3,(H,33,36)/t16?,18?,19-,22?,24-/m1/s1. The van der Waals surface area contributed by atoms with Crippen LogP contribution in [0, 0.1) is 35.9 Å². The highest BCUT2D eigenvalue weighted by molar-refractivity contribution is 5.99. The number of halogens is 1. The molecule has 2 amide bonds. The molecule has 6 rings (SSSR count). The number of aromatic nitrogens is 3. The fourth-order valence-corrected chi connectivity index (χ4v) is 5.66. The summed E-state index contributed by atoms with van der Waals surface area (Å²) >= 11 is 0. The Morgan fingerprint density at radius 2 is 2.05 bits per heavy atom. The van der Waals surface area contributed by atoms with Crippen molar-refractivity contribution in [2.24, 2.45) is 11.8 Å². The number of amides is 2. The van der Waals surface area contributed by atoms with Crippen LogP contribution in [0.3, 0.4) is 0 Å². The third-order valence-electron chi connectivity index (χ3n) is 8.09. The van der Waals surface area contributed by atoms with Crippen LogP contribution in [-0.2, 0) is 4.79 Å². The first-order valence-electron chi connectivity index (χ1n) is 12.6. The molecule has 9 heteroatoms. The number of rotatable bonds is 6. The van der Waals surface area contributed by atoms with Crippen LogP contribution in [0.1, 0.15) is 70.8 Å². The van der Waals surface area contributed by atoms with Gasteiger partial charge in [-0.05, 0) is 85.9 Å². The van der Waals surface area contributed by atoms with Gasteiger partial charge in [0.15, 0.2) is 0 Å². The van der Waals surface area contributed by atoms with E-state index in [-0.39, 0.29) is 41.6 Å². The van der Waals surface area contributed by atoms with E-state index in [0.717, 1.165) is 24.1 Å². The molecule has 1 aliphatic heterocycles. The zero-order valence-electron chi connectivity index (χ0n) is 20.7. The van der Waals surface area contributed by atoms with Crippen LogP contribution >= 0.6 is 0 Å². The number of pyridine rings is 1. The van der Waals surface area contributed by atoms with Crippen molar-refractivity contribution in [2.75, 3.05) is 11.4 Å². The van der Waals surface area contributed by atoms with Crippen molar-refractivity contribution in [3.8, 4) is 6.07 Å². The summed E-state index contributed by atoms with van der Waals surface area (Å²) in [4.78, 5) is 31.6. The van der Waals surface area contributed by atoms with E-state index in [2.05, 4.69) is 21.5 Å². The molecule has 188 valence electrons. The number of nitrogens with zero attached hydrogens (tertiary/aromatic N) is 5. The van der Waals surface area contributed by atoms with Gasteiger partial charge in [-0.2, -0.15) is 10.4 Å². The monoisotopic (exact) mass is 498 g/mol. The molecule has 0 spiro atoms. The van der Waals surface area contributed by atoms with E-state index >= 15 is 0 Å². The topological polar surface area (TPSA) is 104 Å². The summed E-state index contributed by atoms with van der Waals surface area (Å²) in [6.45, 7) is 4.75. The average molecular weight is 499 g/mol. The third kappa shape index (κ3) is 4.16. The van der Waals surface area contributed by atoms with E-state index in [4.69, 9.17) is 0 Å². The summed E-state index contributed by atoms with van der Waals surface area (Å²) in [6, 6.07) is 8.11. The first kappa shape index (κ1) is 23.3. The molecule has 0 bridgehead atoms. The van der Waals surface area contributed by atoms with Crippen LogP contribution in [0.2, 0.25) is 0 Å². The molecular formula is C28H27FN6O2. The number of nitriles is 1. The quantitative estimate of drug-likeness (QED) is 0.556. The van der Waals surface area contributed by atoms with E-state index in [1.807, 2.05) is 19.9 Å². The van der Waals surface area contributed by atoms with E-state index in [0.29, 0.717) is 41.3 Å². The maximum Gasteiger partial charge on any atom is 0.254 e. The Bertz CT molecular complexity index is 1450. The number of fused-ring (bicyclic) bond motifs is 1. The van der Waals surface area contributed by atoms with Gasteiger partial charge in [0.2, 0.25) is 5.91 Å². The lowest BCUT2D eigenvalue weighted by Gasteiger charge is -2.36. The summed E-state index contributed by atoms with van der Waals surface area (Å²) in [5, 5.41) is 16.7. The van der Waals surface area contributed by atoms with Gasteiger partial charge in [-0.15, -0.1) is 0 Å². The summed E-state index contributed by atoms with van der Waals surface area (Å²) < 4.78 is 15.4. The lowest BCUT2D eigenvalue weighted by atomic mass is 9.74. The zero-order chi connectivity index (χ0) is 25.8. The second-order valence-electron chi connectivity index (χ2n) is 10.5. The van der Waals surface area contributed by atoms with Crippen molar-refractivity contribution in [1.82, 2.24) is 20.1 Å².